The summed E-state index contributed by atoms with van der Waals surface area (Å²) in [6.07, 6.45) is 17.5. The molecule has 22 heavy (non-hydrogen) atoms. The van der Waals surface area contributed by atoms with E-state index in [0.717, 1.165) is 12.8 Å². The van der Waals surface area contributed by atoms with Crippen LogP contribution in [-0.4, -0.2) is 23.8 Å². The highest BCUT2D eigenvalue weighted by Crippen LogP contribution is 2.12. The zero-order valence-corrected chi connectivity index (χ0v) is 14.9. The fourth-order valence-electron chi connectivity index (χ4n) is 2.59. The first-order chi connectivity index (χ1) is 10.7. The Labute approximate surface area is 137 Å². The average Bonchev–Trinajstić information content (AvgIpc) is 2.50. The van der Waals surface area contributed by atoms with Crippen LogP contribution in [0.4, 0.5) is 0 Å². The van der Waals surface area contributed by atoms with Crippen LogP contribution in [0.25, 0.3) is 0 Å². The largest absolute Gasteiger partial charge is 0.464 e. The average molecular weight is 315 g/mol. The second-order valence-corrected chi connectivity index (χ2v) is 6.44. The SMILES string of the molecule is CCCCCCCCCCCCCCCCOC(=O)[C@H](C)O. The molecule has 0 unspecified atom stereocenters. The molecule has 3 heteroatoms. The van der Waals surface area contributed by atoms with Crippen LogP contribution in [0.5, 0.6) is 0 Å². The van der Waals surface area contributed by atoms with Gasteiger partial charge in [0.1, 0.15) is 6.10 Å². The zero-order valence-electron chi connectivity index (χ0n) is 14.9. The molecule has 0 aliphatic carbocycles. The molecule has 0 amide bonds. The fraction of sp³-hybridized carbons (Fsp3) is 0.947. The Morgan fingerprint density at radius 1 is 0.773 bits per heavy atom. The Balaban J connectivity index is 3.04. The number of aliphatic hydroxyl groups excluding tert-OH is 1. The maximum absolute atomic E-state index is 11.0. The summed E-state index contributed by atoms with van der Waals surface area (Å²) in [6.45, 7) is 4.15. The molecule has 0 aliphatic heterocycles. The van der Waals surface area contributed by atoms with Gasteiger partial charge < -0.3 is 9.84 Å². The molecule has 0 fully saturated rings. The van der Waals surface area contributed by atoms with Gasteiger partial charge in [-0.2, -0.15) is 0 Å². The summed E-state index contributed by atoms with van der Waals surface area (Å²) in [5, 5.41) is 8.96. The van der Waals surface area contributed by atoms with E-state index in [1.165, 1.54) is 84.0 Å². The molecule has 0 heterocycles. The Bertz CT molecular complexity index is 239. The lowest BCUT2D eigenvalue weighted by Gasteiger charge is -2.06. The summed E-state index contributed by atoms with van der Waals surface area (Å²) >= 11 is 0. The van der Waals surface area contributed by atoms with Gasteiger partial charge in [-0.05, 0) is 13.3 Å². The summed E-state index contributed by atoms with van der Waals surface area (Å²) < 4.78 is 4.92. The minimum atomic E-state index is -0.994. The monoisotopic (exact) mass is 314 g/mol. The van der Waals surface area contributed by atoms with Crippen molar-refractivity contribution in [1.29, 1.82) is 0 Å². The molecule has 0 aromatic heterocycles. The quantitative estimate of drug-likeness (QED) is 0.307. The number of carbonyl (C=O) groups is 1. The van der Waals surface area contributed by atoms with Crippen molar-refractivity contribution in [2.75, 3.05) is 6.61 Å². The van der Waals surface area contributed by atoms with E-state index < -0.39 is 12.1 Å². The Morgan fingerprint density at radius 2 is 1.14 bits per heavy atom. The van der Waals surface area contributed by atoms with E-state index in [2.05, 4.69) is 6.92 Å². The Kier molecular flexibility index (Phi) is 16.4. The molecule has 1 N–H and O–H groups in total. The maximum Gasteiger partial charge on any atom is 0.334 e. The van der Waals surface area contributed by atoms with Gasteiger partial charge in [0.25, 0.3) is 0 Å². The topological polar surface area (TPSA) is 46.5 Å². The standard InChI is InChI=1S/C19H38O3/c1-3-4-5-6-7-8-9-10-11-12-13-14-15-16-17-22-19(21)18(2)20/h18,20H,3-17H2,1-2H3/t18-/m0/s1. The van der Waals surface area contributed by atoms with Crippen LogP contribution >= 0.6 is 0 Å². The minimum Gasteiger partial charge on any atom is -0.464 e. The summed E-state index contributed by atoms with van der Waals surface area (Å²) in [7, 11) is 0. The van der Waals surface area contributed by atoms with E-state index in [9.17, 15) is 4.79 Å². The van der Waals surface area contributed by atoms with Crippen molar-refractivity contribution < 1.29 is 14.6 Å². The highest BCUT2D eigenvalue weighted by atomic mass is 16.5. The normalized spacial score (nSPS) is 12.3. The molecule has 0 saturated carbocycles. The van der Waals surface area contributed by atoms with E-state index >= 15 is 0 Å². The number of hydrogen-bond donors (Lipinski definition) is 1. The summed E-state index contributed by atoms with van der Waals surface area (Å²) in [5.41, 5.74) is 0. The van der Waals surface area contributed by atoms with E-state index in [1.807, 2.05) is 0 Å². The van der Waals surface area contributed by atoms with Crippen molar-refractivity contribution >= 4 is 5.97 Å². The molecule has 3 nitrogen and oxygen atoms in total. The number of ether oxygens (including phenoxy) is 1. The highest BCUT2D eigenvalue weighted by molar-refractivity contribution is 5.73. The van der Waals surface area contributed by atoms with Gasteiger partial charge in [-0.3, -0.25) is 0 Å². The molecule has 0 radical (unpaired) electrons. The Hall–Kier alpha value is -0.570. The van der Waals surface area contributed by atoms with Crippen LogP contribution in [-0.2, 0) is 9.53 Å². The number of hydrogen-bond acceptors (Lipinski definition) is 3. The summed E-state index contributed by atoms with van der Waals surface area (Å²) in [5.74, 6) is -0.505. The van der Waals surface area contributed by atoms with Crippen molar-refractivity contribution in [3.8, 4) is 0 Å². The second kappa shape index (κ2) is 16.8. The third-order valence-electron chi connectivity index (χ3n) is 4.08. The van der Waals surface area contributed by atoms with E-state index in [4.69, 9.17) is 9.84 Å². The van der Waals surface area contributed by atoms with Crippen LogP contribution in [0.1, 0.15) is 104 Å². The van der Waals surface area contributed by atoms with Crippen molar-refractivity contribution in [3.63, 3.8) is 0 Å². The molecule has 0 aliphatic rings. The van der Waals surface area contributed by atoms with Gasteiger partial charge in [0, 0.05) is 0 Å². The maximum atomic E-state index is 11.0. The van der Waals surface area contributed by atoms with Crippen molar-refractivity contribution in [3.05, 3.63) is 0 Å². The summed E-state index contributed by atoms with van der Waals surface area (Å²) in [4.78, 5) is 11.0. The molecule has 1 atom stereocenters. The predicted molar refractivity (Wildman–Crippen MR) is 93.0 cm³/mol. The van der Waals surface area contributed by atoms with Gasteiger partial charge in [0.05, 0.1) is 6.61 Å². The molecule has 0 spiro atoms. The highest BCUT2D eigenvalue weighted by Gasteiger charge is 2.08. The van der Waals surface area contributed by atoms with Crippen LogP contribution in [0, 0.1) is 0 Å². The van der Waals surface area contributed by atoms with Gasteiger partial charge in [-0.25, -0.2) is 4.79 Å². The Morgan fingerprint density at radius 3 is 1.50 bits per heavy atom. The number of rotatable bonds is 16. The van der Waals surface area contributed by atoms with Gasteiger partial charge >= 0.3 is 5.97 Å². The van der Waals surface area contributed by atoms with Crippen molar-refractivity contribution in [2.45, 2.75) is 110 Å². The van der Waals surface area contributed by atoms with Gasteiger partial charge in [-0.1, -0.05) is 90.4 Å². The lowest BCUT2D eigenvalue weighted by molar-refractivity contribution is -0.152. The molecular weight excluding hydrogens is 276 g/mol. The molecule has 132 valence electrons. The second-order valence-electron chi connectivity index (χ2n) is 6.44. The zero-order chi connectivity index (χ0) is 16.5. The molecular formula is C19H38O3. The first-order valence-electron chi connectivity index (χ1n) is 9.53. The molecule has 0 saturated heterocycles. The lowest BCUT2D eigenvalue weighted by atomic mass is 10.0. The van der Waals surface area contributed by atoms with Crippen molar-refractivity contribution in [2.24, 2.45) is 0 Å². The van der Waals surface area contributed by atoms with Gasteiger partial charge in [0.2, 0.25) is 0 Å². The minimum absolute atomic E-state index is 0.446. The number of carbonyl (C=O) groups excluding carboxylic acids is 1. The number of aliphatic hydroxyl groups is 1. The van der Waals surface area contributed by atoms with E-state index in [-0.39, 0.29) is 0 Å². The number of esters is 1. The first kappa shape index (κ1) is 21.4. The lowest BCUT2D eigenvalue weighted by Crippen LogP contribution is -2.19. The van der Waals surface area contributed by atoms with Crippen LogP contribution < -0.4 is 0 Å². The smallest absolute Gasteiger partial charge is 0.334 e. The van der Waals surface area contributed by atoms with Crippen LogP contribution in [0.2, 0.25) is 0 Å². The molecule has 0 aromatic carbocycles. The number of unbranched alkanes of at least 4 members (excludes halogenated alkanes) is 13. The molecule has 0 aromatic rings. The van der Waals surface area contributed by atoms with E-state index in [0.29, 0.717) is 6.61 Å². The predicted octanol–water partition coefficient (Wildman–Crippen LogP) is 5.39. The van der Waals surface area contributed by atoms with Gasteiger partial charge in [-0.15, -0.1) is 0 Å². The first-order valence-corrected chi connectivity index (χ1v) is 9.53. The third-order valence-corrected chi connectivity index (χ3v) is 4.08. The fourth-order valence-corrected chi connectivity index (χ4v) is 2.59. The van der Waals surface area contributed by atoms with Crippen molar-refractivity contribution in [1.82, 2.24) is 0 Å². The van der Waals surface area contributed by atoms with Crippen LogP contribution in [0.15, 0.2) is 0 Å². The summed E-state index contributed by atoms with van der Waals surface area (Å²) in [6, 6.07) is 0. The third kappa shape index (κ3) is 15.8. The molecule has 0 rings (SSSR count). The van der Waals surface area contributed by atoms with Crippen LogP contribution in [0.3, 0.4) is 0 Å². The molecule has 0 bridgehead atoms. The van der Waals surface area contributed by atoms with Gasteiger partial charge in [0.15, 0.2) is 0 Å². The van der Waals surface area contributed by atoms with E-state index in [1.54, 1.807) is 0 Å².